The molecule has 29 heavy (non-hydrogen) atoms. The van der Waals surface area contributed by atoms with Crippen LogP contribution in [0.3, 0.4) is 0 Å². The monoisotopic (exact) mass is 402 g/mol. The molecule has 3 rings (SSSR count). The standard InChI is InChI=1S/C21H28BFN2O4/c23-19-8-7-14(17-5-1-2-6-18(17)19)13-25-16-11-15(12-16)21(24,20(26)27)9-3-4-10-22(28)29/h1-2,5-8,15-16,25,28-29H,3-4,9-13,24H2,(H,26,27). The number of halogens is 1. The second kappa shape index (κ2) is 9.22. The third kappa shape index (κ3) is 4.95. The van der Waals surface area contributed by atoms with Gasteiger partial charge in [-0.05, 0) is 48.5 Å². The summed E-state index contributed by atoms with van der Waals surface area (Å²) in [5.74, 6) is -1.37. The van der Waals surface area contributed by atoms with Gasteiger partial charge in [0.1, 0.15) is 11.4 Å². The van der Waals surface area contributed by atoms with Crippen molar-refractivity contribution in [3.63, 3.8) is 0 Å². The molecule has 2 aromatic rings. The van der Waals surface area contributed by atoms with Crippen molar-refractivity contribution >= 4 is 23.9 Å². The van der Waals surface area contributed by atoms with E-state index in [0.717, 1.165) is 10.9 Å². The molecule has 1 aliphatic carbocycles. The van der Waals surface area contributed by atoms with Crippen LogP contribution in [0.4, 0.5) is 4.39 Å². The number of nitrogens with one attached hydrogen (secondary N) is 1. The van der Waals surface area contributed by atoms with Gasteiger partial charge in [-0.25, -0.2) is 4.39 Å². The van der Waals surface area contributed by atoms with E-state index < -0.39 is 18.6 Å². The average Bonchev–Trinajstić information content (AvgIpc) is 2.65. The molecule has 6 N–H and O–H groups in total. The van der Waals surface area contributed by atoms with Gasteiger partial charge >= 0.3 is 13.1 Å². The first-order valence-corrected chi connectivity index (χ1v) is 10.1. The van der Waals surface area contributed by atoms with E-state index in [1.54, 1.807) is 12.1 Å². The largest absolute Gasteiger partial charge is 0.480 e. The van der Waals surface area contributed by atoms with Crippen molar-refractivity contribution in [2.24, 2.45) is 11.7 Å². The van der Waals surface area contributed by atoms with Gasteiger partial charge in [0.2, 0.25) is 0 Å². The van der Waals surface area contributed by atoms with Crippen molar-refractivity contribution < 1.29 is 24.3 Å². The lowest BCUT2D eigenvalue weighted by Gasteiger charge is -2.45. The van der Waals surface area contributed by atoms with Crippen molar-refractivity contribution in [1.29, 1.82) is 0 Å². The van der Waals surface area contributed by atoms with E-state index in [0.29, 0.717) is 44.0 Å². The summed E-state index contributed by atoms with van der Waals surface area (Å²) in [7, 11) is -1.37. The van der Waals surface area contributed by atoms with Gasteiger partial charge in [0.05, 0.1) is 0 Å². The van der Waals surface area contributed by atoms with E-state index in [9.17, 15) is 14.3 Å². The molecule has 0 amide bonds. The molecule has 0 saturated heterocycles. The van der Waals surface area contributed by atoms with Crippen molar-refractivity contribution in [2.45, 2.75) is 56.5 Å². The van der Waals surface area contributed by atoms with Gasteiger partial charge in [-0.15, -0.1) is 0 Å². The highest BCUT2D eigenvalue weighted by Gasteiger charge is 2.48. The van der Waals surface area contributed by atoms with Gasteiger partial charge in [0.25, 0.3) is 0 Å². The molecule has 2 aromatic carbocycles. The normalized spacial score (nSPS) is 20.8. The van der Waals surface area contributed by atoms with Gasteiger partial charge in [0.15, 0.2) is 0 Å². The number of nitrogens with two attached hydrogens (primary N) is 1. The van der Waals surface area contributed by atoms with Crippen LogP contribution in [0.25, 0.3) is 10.8 Å². The molecule has 1 aliphatic rings. The maximum absolute atomic E-state index is 14.0. The maximum atomic E-state index is 14.0. The number of benzene rings is 2. The van der Waals surface area contributed by atoms with Crippen LogP contribution in [-0.4, -0.2) is 39.8 Å². The average molecular weight is 402 g/mol. The van der Waals surface area contributed by atoms with E-state index in [4.69, 9.17) is 15.8 Å². The molecule has 0 spiro atoms. The van der Waals surface area contributed by atoms with E-state index in [2.05, 4.69) is 5.32 Å². The highest BCUT2D eigenvalue weighted by Crippen LogP contribution is 2.38. The van der Waals surface area contributed by atoms with Crippen molar-refractivity contribution in [3.05, 3.63) is 47.8 Å². The number of fused-ring (bicyclic) bond motifs is 1. The molecule has 8 heteroatoms. The van der Waals surface area contributed by atoms with Crippen LogP contribution < -0.4 is 11.1 Å². The van der Waals surface area contributed by atoms with Crippen molar-refractivity contribution in [3.8, 4) is 0 Å². The molecule has 0 aromatic heterocycles. The Morgan fingerprint density at radius 2 is 1.86 bits per heavy atom. The van der Waals surface area contributed by atoms with Gasteiger partial charge in [-0.2, -0.15) is 0 Å². The van der Waals surface area contributed by atoms with E-state index in [1.165, 1.54) is 6.07 Å². The number of hydrogen-bond donors (Lipinski definition) is 5. The second-order valence-corrected chi connectivity index (χ2v) is 8.07. The molecule has 6 nitrogen and oxygen atoms in total. The smallest absolute Gasteiger partial charge is 0.451 e. The Kier molecular flexibility index (Phi) is 6.90. The minimum absolute atomic E-state index is 0.124. The van der Waals surface area contributed by atoms with Crippen LogP contribution in [0.1, 0.15) is 37.7 Å². The fraction of sp³-hybridized carbons (Fsp3) is 0.476. The van der Waals surface area contributed by atoms with Gasteiger partial charge in [0, 0.05) is 18.0 Å². The SMILES string of the molecule is NC(CCCCB(O)O)(C(=O)O)C1CC(NCc2ccc(F)c3ccccc23)C1. The van der Waals surface area contributed by atoms with Crippen LogP contribution >= 0.6 is 0 Å². The molecule has 0 heterocycles. The third-order valence-electron chi connectivity index (χ3n) is 6.11. The lowest BCUT2D eigenvalue weighted by atomic mass is 9.66. The van der Waals surface area contributed by atoms with Gasteiger partial charge < -0.3 is 26.2 Å². The molecule has 0 radical (unpaired) electrons. The van der Waals surface area contributed by atoms with Gasteiger partial charge in [-0.1, -0.05) is 43.2 Å². The predicted molar refractivity (Wildman–Crippen MR) is 111 cm³/mol. The summed E-state index contributed by atoms with van der Waals surface area (Å²) in [5, 5.41) is 32.4. The number of hydrogen-bond acceptors (Lipinski definition) is 5. The van der Waals surface area contributed by atoms with E-state index in [1.807, 2.05) is 18.2 Å². The lowest BCUT2D eigenvalue weighted by molar-refractivity contribution is -0.148. The zero-order valence-electron chi connectivity index (χ0n) is 16.4. The molecule has 0 aliphatic heterocycles. The molecule has 1 atom stereocenters. The van der Waals surface area contributed by atoms with Crippen LogP contribution in [0.15, 0.2) is 36.4 Å². The quantitative estimate of drug-likeness (QED) is 0.308. The number of carbonyl (C=O) groups is 1. The Hall–Kier alpha value is -2.00. The Balaban J connectivity index is 1.54. The Labute approximate surface area is 170 Å². The fourth-order valence-corrected chi connectivity index (χ4v) is 4.17. The maximum Gasteiger partial charge on any atom is 0.451 e. The first-order valence-electron chi connectivity index (χ1n) is 10.1. The van der Waals surface area contributed by atoms with E-state index in [-0.39, 0.29) is 24.1 Å². The second-order valence-electron chi connectivity index (χ2n) is 8.07. The Morgan fingerprint density at radius 1 is 1.17 bits per heavy atom. The minimum Gasteiger partial charge on any atom is -0.480 e. The zero-order chi connectivity index (χ0) is 21.0. The topological polar surface area (TPSA) is 116 Å². The predicted octanol–water partition coefficient (Wildman–Crippen LogP) is 2.27. The Morgan fingerprint density at radius 3 is 2.52 bits per heavy atom. The summed E-state index contributed by atoms with van der Waals surface area (Å²) in [4.78, 5) is 11.8. The number of aliphatic carboxylic acids is 1. The highest BCUT2D eigenvalue weighted by molar-refractivity contribution is 6.40. The molecule has 1 unspecified atom stereocenters. The van der Waals surface area contributed by atoms with Crippen LogP contribution in [0.2, 0.25) is 6.32 Å². The van der Waals surface area contributed by atoms with Crippen LogP contribution in [-0.2, 0) is 11.3 Å². The lowest BCUT2D eigenvalue weighted by Crippen LogP contribution is -2.61. The van der Waals surface area contributed by atoms with Crippen LogP contribution in [0.5, 0.6) is 0 Å². The highest BCUT2D eigenvalue weighted by atomic mass is 19.1. The first kappa shape index (κ1) is 21.7. The number of unbranched alkanes of at least 4 members (excludes halogenated alkanes) is 1. The molecule has 1 saturated carbocycles. The fourth-order valence-electron chi connectivity index (χ4n) is 4.17. The van der Waals surface area contributed by atoms with Crippen molar-refractivity contribution in [1.82, 2.24) is 5.32 Å². The molecule has 1 fully saturated rings. The number of rotatable bonds is 10. The molecule has 0 bridgehead atoms. The Bertz CT molecular complexity index is 860. The molecular weight excluding hydrogens is 374 g/mol. The summed E-state index contributed by atoms with van der Waals surface area (Å²) in [6.45, 7) is 0.581. The summed E-state index contributed by atoms with van der Waals surface area (Å²) in [5.41, 5.74) is 5.94. The summed E-state index contributed by atoms with van der Waals surface area (Å²) in [6, 6.07) is 10.8. The van der Waals surface area contributed by atoms with E-state index >= 15 is 0 Å². The third-order valence-corrected chi connectivity index (χ3v) is 6.11. The van der Waals surface area contributed by atoms with Gasteiger partial charge in [-0.3, -0.25) is 4.79 Å². The van der Waals surface area contributed by atoms with Crippen LogP contribution in [0, 0.1) is 11.7 Å². The summed E-state index contributed by atoms with van der Waals surface area (Å²) >= 11 is 0. The number of carboxylic acid groups (broad SMARTS) is 1. The minimum atomic E-state index is -1.37. The first-order chi connectivity index (χ1) is 13.8. The van der Waals surface area contributed by atoms with Crippen molar-refractivity contribution in [2.75, 3.05) is 0 Å². The molecule has 156 valence electrons. The summed E-state index contributed by atoms with van der Waals surface area (Å²) < 4.78 is 14.0. The molecular formula is C21H28BFN2O4. The zero-order valence-corrected chi connectivity index (χ0v) is 16.4. The summed E-state index contributed by atoms with van der Waals surface area (Å²) in [6.07, 6.45) is 2.94. The number of carboxylic acids is 1.